The Bertz CT molecular complexity index is 575. The van der Waals surface area contributed by atoms with Gasteiger partial charge in [-0.1, -0.05) is 71.4 Å². The Kier molecular flexibility index (Phi) is 5.23. The Balaban J connectivity index is 1.52. The molecule has 1 aromatic rings. The van der Waals surface area contributed by atoms with Crippen LogP contribution in [0.4, 0.5) is 0 Å². The van der Waals surface area contributed by atoms with Crippen LogP contribution in [-0.2, 0) is 0 Å². The summed E-state index contributed by atoms with van der Waals surface area (Å²) in [6, 6.07) is 11.5. The molecule has 1 aromatic carbocycles. The molecule has 9 unspecified atom stereocenters. The molecule has 9 atom stereocenters. The summed E-state index contributed by atoms with van der Waals surface area (Å²) >= 11 is 0. The molecule has 0 bridgehead atoms. The van der Waals surface area contributed by atoms with Crippen LogP contribution in [0.25, 0.3) is 0 Å². The van der Waals surface area contributed by atoms with Crippen molar-refractivity contribution in [2.45, 2.75) is 72.6 Å². The highest BCUT2D eigenvalue weighted by molar-refractivity contribution is 5.22. The lowest BCUT2D eigenvalue weighted by Crippen LogP contribution is -2.28. The summed E-state index contributed by atoms with van der Waals surface area (Å²) in [5.41, 5.74) is 1.62. The Hall–Kier alpha value is -0.780. The highest BCUT2D eigenvalue weighted by Crippen LogP contribution is 2.58. The van der Waals surface area contributed by atoms with E-state index in [1.165, 1.54) is 32.1 Å². The zero-order valence-electron chi connectivity index (χ0n) is 17.7. The Morgan fingerprint density at radius 2 is 1.38 bits per heavy atom. The van der Waals surface area contributed by atoms with Gasteiger partial charge in [-0.25, -0.2) is 0 Å². The molecule has 0 spiro atoms. The minimum Gasteiger partial charge on any atom is -0.0622 e. The van der Waals surface area contributed by atoms with Crippen LogP contribution >= 0.6 is 0 Å². The molecule has 0 saturated heterocycles. The zero-order chi connectivity index (χ0) is 18.4. The Morgan fingerprint density at radius 1 is 0.731 bits per heavy atom. The number of hydrogen-bond donors (Lipinski definition) is 0. The average molecular weight is 353 g/mol. The Labute approximate surface area is 162 Å². The molecule has 0 heteroatoms. The van der Waals surface area contributed by atoms with Crippen LogP contribution in [0.15, 0.2) is 30.3 Å². The van der Waals surface area contributed by atoms with Crippen molar-refractivity contribution in [2.24, 2.45) is 53.3 Å². The zero-order valence-corrected chi connectivity index (χ0v) is 17.7. The molecule has 0 N–H and O–H groups in total. The quantitative estimate of drug-likeness (QED) is 0.531. The molecule has 0 radical (unpaired) electrons. The third-order valence-corrected chi connectivity index (χ3v) is 9.65. The van der Waals surface area contributed by atoms with E-state index in [0.29, 0.717) is 0 Å². The molecule has 0 amide bonds. The summed E-state index contributed by atoms with van der Waals surface area (Å²) in [4.78, 5) is 0. The minimum atomic E-state index is 0.832. The van der Waals surface area contributed by atoms with Crippen LogP contribution in [0, 0.1) is 53.3 Å². The van der Waals surface area contributed by atoms with Gasteiger partial charge in [0.1, 0.15) is 0 Å². The first-order valence-corrected chi connectivity index (χ1v) is 11.5. The average Bonchev–Trinajstić information content (AvgIpc) is 3.07. The molecule has 4 rings (SSSR count). The van der Waals surface area contributed by atoms with Gasteiger partial charge in [0.2, 0.25) is 0 Å². The summed E-state index contributed by atoms with van der Waals surface area (Å²) in [6.45, 7) is 12.7. The van der Waals surface area contributed by atoms with Gasteiger partial charge < -0.3 is 0 Å². The van der Waals surface area contributed by atoms with Crippen molar-refractivity contribution < 1.29 is 0 Å². The maximum Gasteiger partial charge on any atom is -0.0131 e. The molecule has 3 aliphatic carbocycles. The molecule has 0 heterocycles. The van der Waals surface area contributed by atoms with E-state index in [0.717, 1.165) is 59.2 Å². The van der Waals surface area contributed by atoms with Gasteiger partial charge in [-0.05, 0) is 90.4 Å². The number of benzene rings is 1. The van der Waals surface area contributed by atoms with Gasteiger partial charge in [0.05, 0.1) is 0 Å². The van der Waals surface area contributed by atoms with Crippen molar-refractivity contribution in [1.82, 2.24) is 0 Å². The highest BCUT2D eigenvalue weighted by atomic mass is 14.5. The third kappa shape index (κ3) is 3.06. The lowest BCUT2D eigenvalue weighted by atomic mass is 9.67. The van der Waals surface area contributed by atoms with Crippen LogP contribution in [-0.4, -0.2) is 0 Å². The summed E-state index contributed by atoms with van der Waals surface area (Å²) in [5, 5.41) is 0. The van der Waals surface area contributed by atoms with Crippen LogP contribution in [0.3, 0.4) is 0 Å². The third-order valence-electron chi connectivity index (χ3n) is 9.65. The van der Waals surface area contributed by atoms with Gasteiger partial charge in [0.25, 0.3) is 0 Å². The molecule has 26 heavy (non-hydrogen) atoms. The lowest BCUT2D eigenvalue weighted by molar-refractivity contribution is 0.148. The van der Waals surface area contributed by atoms with E-state index in [9.17, 15) is 0 Å². The van der Waals surface area contributed by atoms with Crippen LogP contribution < -0.4 is 0 Å². The van der Waals surface area contributed by atoms with Crippen molar-refractivity contribution in [1.29, 1.82) is 0 Å². The molecule has 0 aromatic heterocycles. The van der Waals surface area contributed by atoms with Gasteiger partial charge in [-0.2, -0.15) is 0 Å². The van der Waals surface area contributed by atoms with Crippen LogP contribution in [0.1, 0.15) is 78.2 Å². The SMILES string of the molecule is CC1CC2C(c3ccccc3)CCCC2C1CC1C(C)C(C)C(C)C1C. The predicted molar refractivity (Wildman–Crippen MR) is 112 cm³/mol. The molecule has 0 nitrogen and oxygen atoms in total. The first-order valence-electron chi connectivity index (χ1n) is 11.5. The lowest BCUT2D eigenvalue weighted by Gasteiger charge is -2.38. The second-order valence-corrected chi connectivity index (χ2v) is 10.5. The normalized spacial score (nSPS) is 48.5. The molecule has 3 fully saturated rings. The molecule has 3 saturated carbocycles. The fraction of sp³-hybridized carbons (Fsp3) is 0.769. The number of hydrogen-bond acceptors (Lipinski definition) is 0. The summed E-state index contributed by atoms with van der Waals surface area (Å²) in [5.74, 6) is 9.31. The fourth-order valence-corrected chi connectivity index (χ4v) is 7.68. The standard InChI is InChI=1S/C26H40/c1-16-14-26-22(21-10-7-6-8-11-21)12-9-13-23(26)24(16)15-25-19(4)17(2)18(3)20(25)5/h6-8,10-11,16-20,22-26H,9,12-15H2,1-5H3. The maximum atomic E-state index is 2.59. The van der Waals surface area contributed by atoms with Crippen molar-refractivity contribution in [3.8, 4) is 0 Å². The van der Waals surface area contributed by atoms with E-state index in [4.69, 9.17) is 0 Å². The van der Waals surface area contributed by atoms with Gasteiger partial charge in [-0.15, -0.1) is 0 Å². The maximum absolute atomic E-state index is 2.59. The summed E-state index contributed by atoms with van der Waals surface area (Å²) < 4.78 is 0. The van der Waals surface area contributed by atoms with E-state index in [1.807, 2.05) is 0 Å². The molecular formula is C26H40. The van der Waals surface area contributed by atoms with Crippen molar-refractivity contribution >= 4 is 0 Å². The van der Waals surface area contributed by atoms with Crippen LogP contribution in [0.5, 0.6) is 0 Å². The molecule has 3 aliphatic rings. The fourth-order valence-electron chi connectivity index (χ4n) is 7.68. The van der Waals surface area contributed by atoms with Crippen molar-refractivity contribution in [2.75, 3.05) is 0 Å². The Morgan fingerprint density at radius 3 is 2.04 bits per heavy atom. The first kappa shape index (κ1) is 18.6. The molecule has 144 valence electrons. The van der Waals surface area contributed by atoms with E-state index in [1.54, 1.807) is 5.56 Å². The number of fused-ring (bicyclic) bond motifs is 1. The van der Waals surface area contributed by atoms with Crippen molar-refractivity contribution in [3.05, 3.63) is 35.9 Å². The summed E-state index contributed by atoms with van der Waals surface area (Å²) in [7, 11) is 0. The van der Waals surface area contributed by atoms with Crippen LogP contribution in [0.2, 0.25) is 0 Å². The van der Waals surface area contributed by atoms with Crippen molar-refractivity contribution in [3.63, 3.8) is 0 Å². The highest BCUT2D eigenvalue weighted by Gasteiger charge is 2.49. The minimum absolute atomic E-state index is 0.832. The van der Waals surface area contributed by atoms with E-state index in [-0.39, 0.29) is 0 Å². The topological polar surface area (TPSA) is 0 Å². The summed E-state index contributed by atoms with van der Waals surface area (Å²) in [6.07, 6.45) is 7.38. The smallest absolute Gasteiger partial charge is 0.0131 e. The monoisotopic (exact) mass is 352 g/mol. The van der Waals surface area contributed by atoms with Gasteiger partial charge >= 0.3 is 0 Å². The number of rotatable bonds is 3. The van der Waals surface area contributed by atoms with E-state index in [2.05, 4.69) is 65.0 Å². The van der Waals surface area contributed by atoms with Gasteiger partial charge in [0, 0.05) is 0 Å². The second kappa shape index (κ2) is 7.33. The van der Waals surface area contributed by atoms with E-state index < -0.39 is 0 Å². The second-order valence-electron chi connectivity index (χ2n) is 10.5. The van der Waals surface area contributed by atoms with E-state index >= 15 is 0 Å². The largest absolute Gasteiger partial charge is 0.0622 e. The van der Waals surface area contributed by atoms with Gasteiger partial charge in [0.15, 0.2) is 0 Å². The predicted octanol–water partition coefficient (Wildman–Crippen LogP) is 7.41. The van der Waals surface area contributed by atoms with Gasteiger partial charge in [-0.3, -0.25) is 0 Å². The first-order chi connectivity index (χ1) is 12.5. The molecular weight excluding hydrogens is 312 g/mol. The molecule has 0 aliphatic heterocycles.